The van der Waals surface area contributed by atoms with Crippen molar-refractivity contribution in [3.05, 3.63) is 36.4 Å². The Hall–Kier alpha value is -3.66. The highest BCUT2D eigenvalue weighted by atomic mass is 16.6. The maximum absolute atomic E-state index is 14.2. The molecule has 0 fully saturated rings. The number of nitrogens with one attached hydrogen (secondary N) is 2. The van der Waals surface area contributed by atoms with Gasteiger partial charge in [0.2, 0.25) is 11.8 Å². The number of hydrogen-bond acceptors (Lipinski definition) is 12. The molecule has 314 valence electrons. The summed E-state index contributed by atoms with van der Waals surface area (Å²) in [5.74, 6) is 0.674. The summed E-state index contributed by atoms with van der Waals surface area (Å²) in [6, 6.07) is 10.6. The van der Waals surface area contributed by atoms with E-state index in [1.54, 1.807) is 36.4 Å². The van der Waals surface area contributed by atoms with Crippen LogP contribution in [0.5, 0.6) is 23.0 Å². The molecule has 2 unspecified atom stereocenters. The van der Waals surface area contributed by atoms with Gasteiger partial charge in [-0.1, -0.05) is 41.5 Å². The van der Waals surface area contributed by atoms with Gasteiger partial charge in [0.15, 0.2) is 23.0 Å². The van der Waals surface area contributed by atoms with Crippen molar-refractivity contribution in [1.82, 2.24) is 0 Å². The summed E-state index contributed by atoms with van der Waals surface area (Å²) in [6.07, 6.45) is 0.891. The van der Waals surface area contributed by atoms with Gasteiger partial charge in [0.1, 0.15) is 26.4 Å². The van der Waals surface area contributed by atoms with Gasteiger partial charge in [0.25, 0.3) is 0 Å². The average Bonchev–Trinajstić information content (AvgIpc) is 3.15. The van der Waals surface area contributed by atoms with E-state index in [9.17, 15) is 9.59 Å². The molecule has 0 spiro atoms. The smallest absolute Gasteiger partial charge is 0.228 e. The Bertz CT molecular complexity index is 1470. The lowest BCUT2D eigenvalue weighted by Crippen LogP contribution is -2.38. The van der Waals surface area contributed by atoms with Crippen molar-refractivity contribution in [3.8, 4) is 23.0 Å². The molecular weight excluding hydrogens is 724 g/mol. The number of ether oxygens (including phenoxy) is 10. The number of anilines is 2. The van der Waals surface area contributed by atoms with Crippen molar-refractivity contribution in [2.75, 3.05) is 116 Å². The second-order valence-electron chi connectivity index (χ2n) is 16.0. The zero-order chi connectivity index (χ0) is 40.2. The van der Waals surface area contributed by atoms with E-state index in [-0.39, 0.29) is 17.2 Å². The zero-order valence-electron chi connectivity index (χ0n) is 34.2. The molecule has 2 atom stereocenters. The first-order valence-electron chi connectivity index (χ1n) is 19.8. The largest absolute Gasteiger partial charge is 0.487 e. The van der Waals surface area contributed by atoms with E-state index < -0.39 is 17.3 Å². The van der Waals surface area contributed by atoms with Crippen LogP contribution in [0.4, 0.5) is 11.4 Å². The van der Waals surface area contributed by atoms with Gasteiger partial charge in [-0.2, -0.15) is 0 Å². The van der Waals surface area contributed by atoms with Gasteiger partial charge < -0.3 is 58.0 Å². The molecule has 0 bridgehead atoms. The molecule has 2 N–H and O–H groups in total. The molecule has 0 saturated carbocycles. The van der Waals surface area contributed by atoms with Crippen LogP contribution < -0.4 is 29.6 Å². The number of fused-ring (bicyclic) bond motifs is 2. The summed E-state index contributed by atoms with van der Waals surface area (Å²) in [5, 5.41) is 6.22. The average molecular weight is 789 g/mol. The highest BCUT2D eigenvalue weighted by Crippen LogP contribution is 2.39. The van der Waals surface area contributed by atoms with E-state index in [0.29, 0.717) is 153 Å². The van der Waals surface area contributed by atoms with E-state index >= 15 is 0 Å². The van der Waals surface area contributed by atoms with Gasteiger partial charge >= 0.3 is 0 Å². The normalized spacial score (nSPS) is 18.8. The SMILES string of the molecule is CC(C)(C)CC(CC(C(=O)Nc1ccc2c(c1)OCCOCCOCCOCCO2)C(C)(C)C)C(=O)Nc1ccc2c(c1)OCCOCCOCCOCCO2. The Morgan fingerprint density at radius 3 is 1.20 bits per heavy atom. The third kappa shape index (κ3) is 16.8. The van der Waals surface area contributed by atoms with E-state index in [2.05, 4.69) is 31.4 Å². The van der Waals surface area contributed by atoms with E-state index in [1.807, 2.05) is 20.8 Å². The summed E-state index contributed by atoms with van der Waals surface area (Å²) in [4.78, 5) is 28.4. The third-order valence-electron chi connectivity index (χ3n) is 8.96. The van der Waals surface area contributed by atoms with Crippen molar-refractivity contribution < 1.29 is 57.0 Å². The number of amides is 2. The maximum Gasteiger partial charge on any atom is 0.228 e. The third-order valence-corrected chi connectivity index (χ3v) is 8.96. The van der Waals surface area contributed by atoms with Crippen molar-refractivity contribution in [2.45, 2.75) is 54.4 Å². The lowest BCUT2D eigenvalue weighted by Gasteiger charge is -2.34. The first-order valence-corrected chi connectivity index (χ1v) is 19.8. The summed E-state index contributed by atoms with van der Waals surface area (Å²) in [6.45, 7) is 18.9. The molecule has 0 aromatic heterocycles. The summed E-state index contributed by atoms with van der Waals surface area (Å²) in [7, 11) is 0. The molecule has 2 aliphatic heterocycles. The summed E-state index contributed by atoms with van der Waals surface area (Å²) in [5.41, 5.74) is 0.456. The summed E-state index contributed by atoms with van der Waals surface area (Å²) >= 11 is 0. The van der Waals surface area contributed by atoms with E-state index in [1.165, 1.54) is 0 Å². The van der Waals surface area contributed by atoms with Crippen molar-refractivity contribution >= 4 is 23.2 Å². The monoisotopic (exact) mass is 788 g/mol. The Morgan fingerprint density at radius 2 is 0.839 bits per heavy atom. The van der Waals surface area contributed by atoms with Gasteiger partial charge in [-0.05, 0) is 47.9 Å². The van der Waals surface area contributed by atoms with E-state index in [0.717, 1.165) is 0 Å². The fraction of sp³-hybridized carbons (Fsp3) is 0.667. The van der Waals surface area contributed by atoms with Crippen molar-refractivity contribution in [2.24, 2.45) is 22.7 Å². The van der Waals surface area contributed by atoms with Crippen LogP contribution in [0.1, 0.15) is 54.4 Å². The highest BCUT2D eigenvalue weighted by molar-refractivity contribution is 5.96. The Labute approximate surface area is 332 Å². The molecule has 2 amide bonds. The number of carbonyl (C=O) groups excluding carboxylic acids is 2. The fourth-order valence-electron chi connectivity index (χ4n) is 6.20. The molecular formula is C42H64N2O12. The lowest BCUT2D eigenvalue weighted by molar-refractivity contribution is -0.126. The molecule has 14 nitrogen and oxygen atoms in total. The first kappa shape index (κ1) is 45.0. The molecule has 0 aliphatic carbocycles. The van der Waals surface area contributed by atoms with Crippen molar-refractivity contribution in [3.63, 3.8) is 0 Å². The minimum Gasteiger partial charge on any atom is -0.487 e. The number of benzene rings is 2. The van der Waals surface area contributed by atoms with Crippen LogP contribution in [-0.2, 0) is 38.0 Å². The van der Waals surface area contributed by atoms with Crippen LogP contribution >= 0.6 is 0 Å². The molecule has 0 radical (unpaired) electrons. The van der Waals surface area contributed by atoms with Crippen LogP contribution in [0, 0.1) is 22.7 Å². The predicted octanol–water partition coefficient (Wildman–Crippen LogP) is 6.01. The quantitative estimate of drug-likeness (QED) is 0.338. The molecule has 2 heterocycles. The minimum atomic E-state index is -0.513. The van der Waals surface area contributed by atoms with Crippen LogP contribution in [0.25, 0.3) is 0 Å². The van der Waals surface area contributed by atoms with Crippen LogP contribution in [0.3, 0.4) is 0 Å². The molecule has 2 aliphatic rings. The topological polar surface area (TPSA) is 150 Å². The lowest BCUT2D eigenvalue weighted by atomic mass is 9.72. The maximum atomic E-state index is 14.2. The van der Waals surface area contributed by atoms with Crippen LogP contribution in [0.15, 0.2) is 36.4 Å². The fourth-order valence-corrected chi connectivity index (χ4v) is 6.20. The molecule has 56 heavy (non-hydrogen) atoms. The van der Waals surface area contributed by atoms with Gasteiger partial charge in [0.05, 0.1) is 79.3 Å². The zero-order valence-corrected chi connectivity index (χ0v) is 34.2. The minimum absolute atomic E-state index is 0.179. The van der Waals surface area contributed by atoms with Gasteiger partial charge in [0, 0.05) is 35.3 Å². The molecule has 0 saturated heterocycles. The van der Waals surface area contributed by atoms with Gasteiger partial charge in [-0.25, -0.2) is 0 Å². The molecule has 2 aromatic carbocycles. The molecule has 14 heteroatoms. The summed E-state index contributed by atoms with van der Waals surface area (Å²) < 4.78 is 57.4. The Kier molecular flexibility index (Phi) is 18.9. The standard InChI is InChI=1S/C42H64N2O12/c1-41(2,3)30-31(39(45)43-32-7-9-35-37(28-32)55-25-21-51-17-13-47-11-15-49-19-23-53-35)27-34(42(4,5)6)40(46)44-33-8-10-36-38(29-33)56-26-22-52-18-14-48-12-16-50-20-24-54-36/h7-10,28-29,31,34H,11-27,30H2,1-6H3,(H,43,45)(H,44,46). The van der Waals surface area contributed by atoms with Gasteiger partial charge in [-0.3, -0.25) is 9.59 Å². The van der Waals surface area contributed by atoms with Crippen molar-refractivity contribution in [1.29, 1.82) is 0 Å². The second-order valence-corrected chi connectivity index (χ2v) is 16.0. The number of rotatable bonds is 7. The Morgan fingerprint density at radius 1 is 0.500 bits per heavy atom. The Balaban J connectivity index is 1.48. The molecule has 2 aromatic rings. The molecule has 4 rings (SSSR count). The first-order chi connectivity index (χ1) is 26.9. The predicted molar refractivity (Wildman–Crippen MR) is 212 cm³/mol. The van der Waals surface area contributed by atoms with Gasteiger partial charge in [-0.15, -0.1) is 0 Å². The van der Waals surface area contributed by atoms with Crippen LogP contribution in [-0.4, -0.2) is 118 Å². The van der Waals surface area contributed by atoms with Crippen LogP contribution in [0.2, 0.25) is 0 Å². The number of carbonyl (C=O) groups is 2. The second kappa shape index (κ2) is 23.5. The van der Waals surface area contributed by atoms with E-state index in [4.69, 9.17) is 47.4 Å². The highest BCUT2D eigenvalue weighted by Gasteiger charge is 2.37. The number of hydrogen-bond donors (Lipinski definition) is 2.